The second kappa shape index (κ2) is 10.2. The Morgan fingerprint density at radius 1 is 1.25 bits per heavy atom. The summed E-state index contributed by atoms with van der Waals surface area (Å²) < 4.78 is 0. The van der Waals surface area contributed by atoms with E-state index in [0.717, 1.165) is 44.0 Å². The number of rotatable bonds is 10. The molecule has 1 aromatic rings. The topological polar surface area (TPSA) is 28.2 Å². The lowest BCUT2D eigenvalue weighted by molar-refractivity contribution is 0.324. The first-order chi connectivity index (χ1) is 9.71. The number of aromatic nitrogens is 1. The Kier molecular flexibility index (Phi) is 8.90. The van der Waals surface area contributed by atoms with E-state index < -0.39 is 0 Å². The molecule has 0 aromatic carbocycles. The molecule has 1 atom stereocenters. The second-order valence-corrected chi connectivity index (χ2v) is 6.14. The minimum absolute atomic E-state index is 0.338. The Bertz CT molecular complexity index is 349. The average Bonchev–Trinajstić information content (AvgIpc) is 2.50. The van der Waals surface area contributed by atoms with Crippen molar-refractivity contribution in [2.45, 2.75) is 45.1 Å². The number of thioether (sulfide) groups is 1. The molecule has 1 aromatic heterocycles. The predicted molar refractivity (Wildman–Crippen MR) is 89.5 cm³/mol. The molecular formula is C16H29N3S. The van der Waals surface area contributed by atoms with Crippen LogP contribution in [0.25, 0.3) is 0 Å². The van der Waals surface area contributed by atoms with E-state index in [0.29, 0.717) is 6.04 Å². The van der Waals surface area contributed by atoms with Crippen molar-refractivity contribution in [1.82, 2.24) is 15.2 Å². The minimum Gasteiger partial charge on any atom is -0.309 e. The van der Waals surface area contributed by atoms with Crippen molar-refractivity contribution in [2.75, 3.05) is 31.9 Å². The largest absolute Gasteiger partial charge is 0.309 e. The maximum Gasteiger partial charge on any atom is 0.0571 e. The molecule has 1 rings (SSSR count). The third-order valence-electron chi connectivity index (χ3n) is 3.47. The van der Waals surface area contributed by atoms with Crippen molar-refractivity contribution >= 4 is 11.8 Å². The van der Waals surface area contributed by atoms with Crippen LogP contribution in [0.4, 0.5) is 0 Å². The molecule has 1 N–H and O–H groups in total. The summed E-state index contributed by atoms with van der Waals surface area (Å²) in [6, 6.07) is 4.68. The molecule has 3 nitrogen and oxygen atoms in total. The first kappa shape index (κ1) is 17.5. The Morgan fingerprint density at radius 3 is 2.55 bits per heavy atom. The van der Waals surface area contributed by atoms with Gasteiger partial charge < -0.3 is 10.2 Å². The zero-order valence-corrected chi connectivity index (χ0v) is 14.2. The van der Waals surface area contributed by atoms with E-state index in [2.05, 4.69) is 55.0 Å². The molecule has 0 saturated heterocycles. The maximum atomic E-state index is 4.57. The van der Waals surface area contributed by atoms with Gasteiger partial charge in [0.15, 0.2) is 0 Å². The molecule has 0 saturated carbocycles. The lowest BCUT2D eigenvalue weighted by Gasteiger charge is -2.17. The van der Waals surface area contributed by atoms with Crippen molar-refractivity contribution < 1.29 is 0 Å². The number of pyridine rings is 1. The van der Waals surface area contributed by atoms with Gasteiger partial charge in [-0.25, -0.2) is 0 Å². The van der Waals surface area contributed by atoms with Crippen molar-refractivity contribution in [1.29, 1.82) is 0 Å². The predicted octanol–water partition coefficient (Wildman–Crippen LogP) is 3.58. The zero-order valence-electron chi connectivity index (χ0n) is 13.4. The van der Waals surface area contributed by atoms with Gasteiger partial charge in [-0.05, 0) is 45.1 Å². The van der Waals surface area contributed by atoms with Crippen LogP contribution in [-0.4, -0.2) is 41.8 Å². The van der Waals surface area contributed by atoms with E-state index in [1.165, 1.54) is 4.90 Å². The summed E-state index contributed by atoms with van der Waals surface area (Å²) in [5, 5.41) is 3.47. The highest BCUT2D eigenvalue weighted by Gasteiger charge is 2.06. The van der Waals surface area contributed by atoms with Gasteiger partial charge in [0, 0.05) is 29.4 Å². The fourth-order valence-electron chi connectivity index (χ4n) is 2.03. The summed E-state index contributed by atoms with van der Waals surface area (Å²) in [5.41, 5.74) is 1.13. The molecule has 20 heavy (non-hydrogen) atoms. The van der Waals surface area contributed by atoms with Crippen LogP contribution in [0.2, 0.25) is 0 Å². The van der Waals surface area contributed by atoms with E-state index in [1.54, 1.807) is 0 Å². The lowest BCUT2D eigenvalue weighted by atomic mass is 10.2. The molecular weight excluding hydrogens is 266 g/mol. The monoisotopic (exact) mass is 295 g/mol. The van der Waals surface area contributed by atoms with Crippen LogP contribution < -0.4 is 5.32 Å². The van der Waals surface area contributed by atoms with Gasteiger partial charge in [0.25, 0.3) is 0 Å². The van der Waals surface area contributed by atoms with E-state index in [-0.39, 0.29) is 0 Å². The number of nitrogens with one attached hydrogen (secondary N) is 1. The van der Waals surface area contributed by atoms with E-state index in [1.807, 2.05) is 18.0 Å². The van der Waals surface area contributed by atoms with Gasteiger partial charge in [-0.2, -0.15) is 0 Å². The molecule has 0 fully saturated rings. The first-order valence-electron chi connectivity index (χ1n) is 7.75. The Balaban J connectivity index is 2.38. The molecule has 0 aliphatic carbocycles. The Hall–Kier alpha value is -0.580. The summed E-state index contributed by atoms with van der Waals surface area (Å²) in [5.74, 6) is 1.13. The van der Waals surface area contributed by atoms with Gasteiger partial charge in [-0.15, -0.1) is 11.8 Å². The Morgan fingerprint density at radius 2 is 2.00 bits per heavy atom. The van der Waals surface area contributed by atoms with Crippen LogP contribution in [0.15, 0.2) is 23.2 Å². The van der Waals surface area contributed by atoms with Crippen LogP contribution in [-0.2, 0) is 0 Å². The standard InChI is InChI=1S/C16H29N3S/c1-5-10-17-14(4)16-9-8-15(13-18-16)20-12-11-19(6-2)7-3/h8-9,13-14,17H,5-7,10-12H2,1-4H3. The van der Waals surface area contributed by atoms with Crippen LogP contribution in [0, 0.1) is 0 Å². The lowest BCUT2D eigenvalue weighted by Crippen LogP contribution is -2.25. The van der Waals surface area contributed by atoms with Crippen molar-refractivity contribution in [3.8, 4) is 0 Å². The van der Waals surface area contributed by atoms with E-state index in [4.69, 9.17) is 0 Å². The highest BCUT2D eigenvalue weighted by Crippen LogP contribution is 2.19. The molecule has 0 aliphatic rings. The summed E-state index contributed by atoms with van der Waals surface area (Å²) >= 11 is 1.89. The normalized spacial score (nSPS) is 12.8. The summed E-state index contributed by atoms with van der Waals surface area (Å²) in [4.78, 5) is 8.29. The second-order valence-electron chi connectivity index (χ2n) is 4.97. The molecule has 0 amide bonds. The third kappa shape index (κ3) is 6.25. The van der Waals surface area contributed by atoms with Crippen LogP contribution in [0.3, 0.4) is 0 Å². The van der Waals surface area contributed by atoms with Gasteiger partial charge in [0.1, 0.15) is 0 Å². The highest BCUT2D eigenvalue weighted by molar-refractivity contribution is 7.99. The molecule has 0 bridgehead atoms. The van der Waals surface area contributed by atoms with Gasteiger partial charge in [0.05, 0.1) is 5.69 Å². The minimum atomic E-state index is 0.338. The van der Waals surface area contributed by atoms with Crippen molar-refractivity contribution in [2.24, 2.45) is 0 Å². The molecule has 0 radical (unpaired) electrons. The summed E-state index contributed by atoms with van der Waals surface area (Å²) in [6.45, 7) is 13.2. The third-order valence-corrected chi connectivity index (χ3v) is 4.44. The van der Waals surface area contributed by atoms with Gasteiger partial charge >= 0.3 is 0 Å². The van der Waals surface area contributed by atoms with E-state index in [9.17, 15) is 0 Å². The average molecular weight is 295 g/mol. The number of hydrogen-bond donors (Lipinski definition) is 1. The Labute approximate surface area is 128 Å². The molecule has 0 spiro atoms. The van der Waals surface area contributed by atoms with Crippen molar-refractivity contribution in [3.05, 3.63) is 24.0 Å². The molecule has 114 valence electrons. The van der Waals surface area contributed by atoms with Crippen LogP contribution in [0.1, 0.15) is 45.9 Å². The fraction of sp³-hybridized carbons (Fsp3) is 0.688. The summed E-state index contributed by atoms with van der Waals surface area (Å²) in [7, 11) is 0. The zero-order chi connectivity index (χ0) is 14.8. The quantitative estimate of drug-likeness (QED) is 0.668. The first-order valence-corrected chi connectivity index (χ1v) is 8.74. The SMILES string of the molecule is CCCNC(C)c1ccc(SCCN(CC)CC)cn1. The highest BCUT2D eigenvalue weighted by atomic mass is 32.2. The van der Waals surface area contributed by atoms with E-state index >= 15 is 0 Å². The number of hydrogen-bond acceptors (Lipinski definition) is 4. The molecule has 1 unspecified atom stereocenters. The number of nitrogens with zero attached hydrogens (tertiary/aromatic N) is 2. The smallest absolute Gasteiger partial charge is 0.0571 e. The van der Waals surface area contributed by atoms with Crippen molar-refractivity contribution in [3.63, 3.8) is 0 Å². The van der Waals surface area contributed by atoms with Crippen LogP contribution >= 0.6 is 11.8 Å². The van der Waals surface area contributed by atoms with Gasteiger partial charge in [-0.1, -0.05) is 20.8 Å². The summed E-state index contributed by atoms with van der Waals surface area (Å²) in [6.07, 6.45) is 3.16. The van der Waals surface area contributed by atoms with Crippen LogP contribution in [0.5, 0.6) is 0 Å². The van der Waals surface area contributed by atoms with Gasteiger partial charge in [-0.3, -0.25) is 4.98 Å². The molecule has 1 heterocycles. The fourth-order valence-corrected chi connectivity index (χ4v) is 2.91. The van der Waals surface area contributed by atoms with Gasteiger partial charge in [0.2, 0.25) is 0 Å². The molecule has 4 heteroatoms. The maximum absolute atomic E-state index is 4.57. The molecule has 0 aliphatic heterocycles.